The van der Waals surface area contributed by atoms with Gasteiger partial charge in [-0.15, -0.1) is 0 Å². The molecule has 1 saturated heterocycles. The van der Waals surface area contributed by atoms with Crippen LogP contribution in [0.5, 0.6) is 0 Å². The van der Waals surface area contributed by atoms with Gasteiger partial charge >= 0.3 is 6.18 Å². The fourth-order valence-corrected chi connectivity index (χ4v) is 2.78. The second kappa shape index (κ2) is 7.26. The number of nitrogens with one attached hydrogen (secondary N) is 1. The Morgan fingerprint density at radius 3 is 2.56 bits per heavy atom. The summed E-state index contributed by atoms with van der Waals surface area (Å²) in [6, 6.07) is 6.83. The molecule has 1 aliphatic heterocycles. The molecule has 1 fully saturated rings. The predicted octanol–water partition coefficient (Wildman–Crippen LogP) is 3.38. The molecule has 5 nitrogen and oxygen atoms in total. The van der Waals surface area contributed by atoms with E-state index in [9.17, 15) is 13.2 Å². The summed E-state index contributed by atoms with van der Waals surface area (Å²) in [6.45, 7) is 6.84. The zero-order chi connectivity index (χ0) is 17.9. The normalized spacial score (nSPS) is 16.1. The van der Waals surface area contributed by atoms with Crippen molar-refractivity contribution in [2.24, 2.45) is 0 Å². The van der Waals surface area contributed by atoms with E-state index >= 15 is 0 Å². The average Bonchev–Trinajstić information content (AvgIpc) is 2.61. The predicted molar refractivity (Wildman–Crippen MR) is 91.1 cm³/mol. The van der Waals surface area contributed by atoms with Crippen molar-refractivity contribution < 1.29 is 13.2 Å². The molecular weight excluding hydrogens is 331 g/mol. The molecule has 1 aliphatic rings. The van der Waals surface area contributed by atoms with Crippen LogP contribution in [0.4, 0.5) is 30.6 Å². The number of aromatic nitrogens is 2. The van der Waals surface area contributed by atoms with Gasteiger partial charge in [0.2, 0.25) is 5.95 Å². The molecule has 0 aliphatic carbocycles. The van der Waals surface area contributed by atoms with Crippen LogP contribution in [0.3, 0.4) is 0 Å². The van der Waals surface area contributed by atoms with Gasteiger partial charge in [0.25, 0.3) is 0 Å². The lowest BCUT2D eigenvalue weighted by Crippen LogP contribution is -2.46. The van der Waals surface area contributed by atoms with E-state index in [0.29, 0.717) is 5.69 Å². The number of anilines is 3. The van der Waals surface area contributed by atoms with Crippen LogP contribution in [0.2, 0.25) is 0 Å². The molecule has 0 bridgehead atoms. The van der Waals surface area contributed by atoms with Crippen molar-refractivity contribution in [2.75, 3.05) is 42.9 Å². The number of rotatable bonds is 4. The van der Waals surface area contributed by atoms with E-state index in [0.717, 1.165) is 50.7 Å². The summed E-state index contributed by atoms with van der Waals surface area (Å²) in [5.41, 5.74) is -0.396. The summed E-state index contributed by atoms with van der Waals surface area (Å²) in [5.74, 6) is 1.06. The quantitative estimate of drug-likeness (QED) is 0.915. The summed E-state index contributed by atoms with van der Waals surface area (Å²) in [4.78, 5) is 13.1. The highest BCUT2D eigenvalue weighted by Crippen LogP contribution is 2.31. The fraction of sp³-hybridized carbons (Fsp3) is 0.412. The molecule has 0 radical (unpaired) electrons. The summed E-state index contributed by atoms with van der Waals surface area (Å²) in [6.07, 6.45) is -2.76. The van der Waals surface area contributed by atoms with E-state index < -0.39 is 11.7 Å². The van der Waals surface area contributed by atoms with Crippen LogP contribution >= 0.6 is 0 Å². The van der Waals surface area contributed by atoms with E-state index in [1.54, 1.807) is 12.3 Å². The minimum absolute atomic E-state index is 0.287. The van der Waals surface area contributed by atoms with Gasteiger partial charge < -0.3 is 15.1 Å². The standard InChI is InChI=1S/C17H20F3N5/c1-2-24-8-10-25(11-9-24)15-6-7-21-16(23-15)22-14-5-3-4-13(12-14)17(18,19)20/h3-7,12H,2,8-11H2,1H3,(H,21,22,23). The molecule has 3 rings (SSSR count). The van der Waals surface area contributed by atoms with E-state index in [1.807, 2.05) is 6.07 Å². The molecule has 1 aromatic heterocycles. The lowest BCUT2D eigenvalue weighted by molar-refractivity contribution is -0.137. The number of benzene rings is 1. The summed E-state index contributed by atoms with van der Waals surface area (Å²) in [5, 5.41) is 2.86. The lowest BCUT2D eigenvalue weighted by atomic mass is 10.2. The van der Waals surface area contributed by atoms with Crippen molar-refractivity contribution in [3.63, 3.8) is 0 Å². The molecular formula is C17H20F3N5. The molecule has 0 atom stereocenters. The monoisotopic (exact) mass is 351 g/mol. The average molecular weight is 351 g/mol. The van der Waals surface area contributed by atoms with Crippen LogP contribution < -0.4 is 10.2 Å². The third-order valence-corrected chi connectivity index (χ3v) is 4.23. The third kappa shape index (κ3) is 4.39. The van der Waals surface area contributed by atoms with E-state index in [4.69, 9.17) is 0 Å². The van der Waals surface area contributed by atoms with Crippen molar-refractivity contribution in [2.45, 2.75) is 13.1 Å². The van der Waals surface area contributed by atoms with Gasteiger partial charge in [0.15, 0.2) is 0 Å². The topological polar surface area (TPSA) is 44.3 Å². The molecule has 0 saturated carbocycles. The number of hydrogen-bond acceptors (Lipinski definition) is 5. The van der Waals surface area contributed by atoms with Crippen molar-refractivity contribution in [1.29, 1.82) is 0 Å². The van der Waals surface area contributed by atoms with Crippen LogP contribution in [-0.4, -0.2) is 47.6 Å². The Hall–Kier alpha value is -2.35. The summed E-state index contributed by atoms with van der Waals surface area (Å²) >= 11 is 0. The Morgan fingerprint density at radius 1 is 1.12 bits per heavy atom. The first kappa shape index (κ1) is 17.5. The van der Waals surface area contributed by atoms with Gasteiger partial charge in [-0.3, -0.25) is 0 Å². The van der Waals surface area contributed by atoms with Crippen molar-refractivity contribution in [1.82, 2.24) is 14.9 Å². The highest BCUT2D eigenvalue weighted by molar-refractivity contribution is 5.56. The molecule has 2 aromatic rings. The Balaban J connectivity index is 1.72. The minimum Gasteiger partial charge on any atom is -0.354 e. The SMILES string of the molecule is CCN1CCN(c2ccnc(Nc3cccc(C(F)(F)F)c3)n2)CC1. The first-order chi connectivity index (χ1) is 12.0. The molecule has 1 aromatic carbocycles. The van der Waals surface area contributed by atoms with Gasteiger partial charge in [0.1, 0.15) is 5.82 Å². The highest BCUT2D eigenvalue weighted by atomic mass is 19.4. The van der Waals surface area contributed by atoms with Crippen molar-refractivity contribution in [3.05, 3.63) is 42.1 Å². The lowest BCUT2D eigenvalue weighted by Gasteiger charge is -2.34. The van der Waals surface area contributed by atoms with Crippen LogP contribution in [-0.2, 0) is 6.18 Å². The number of hydrogen-bond donors (Lipinski definition) is 1. The first-order valence-corrected chi connectivity index (χ1v) is 8.20. The number of alkyl halides is 3. The molecule has 2 heterocycles. The number of nitrogens with zero attached hydrogens (tertiary/aromatic N) is 4. The maximum Gasteiger partial charge on any atom is 0.416 e. The minimum atomic E-state index is -4.38. The molecule has 25 heavy (non-hydrogen) atoms. The number of likely N-dealkylation sites (N-methyl/N-ethyl adjacent to an activating group) is 1. The van der Waals surface area contributed by atoms with Gasteiger partial charge in [-0.2, -0.15) is 18.2 Å². The highest BCUT2D eigenvalue weighted by Gasteiger charge is 2.30. The van der Waals surface area contributed by atoms with Gasteiger partial charge in [-0.25, -0.2) is 4.98 Å². The summed E-state index contributed by atoms with van der Waals surface area (Å²) in [7, 11) is 0. The third-order valence-electron chi connectivity index (χ3n) is 4.23. The molecule has 0 amide bonds. The van der Waals surface area contributed by atoms with Gasteiger partial charge in [-0.1, -0.05) is 13.0 Å². The van der Waals surface area contributed by atoms with Crippen LogP contribution in [0.15, 0.2) is 36.5 Å². The Kier molecular flexibility index (Phi) is 5.08. The first-order valence-electron chi connectivity index (χ1n) is 8.20. The molecule has 1 N–H and O–H groups in total. The Labute approximate surface area is 144 Å². The smallest absolute Gasteiger partial charge is 0.354 e. The van der Waals surface area contributed by atoms with Crippen LogP contribution in [0.25, 0.3) is 0 Å². The zero-order valence-electron chi connectivity index (χ0n) is 13.9. The van der Waals surface area contributed by atoms with E-state index in [-0.39, 0.29) is 5.95 Å². The van der Waals surface area contributed by atoms with E-state index in [1.165, 1.54) is 6.07 Å². The number of piperazine rings is 1. The fourth-order valence-electron chi connectivity index (χ4n) is 2.78. The largest absolute Gasteiger partial charge is 0.416 e. The second-order valence-corrected chi connectivity index (χ2v) is 5.86. The van der Waals surface area contributed by atoms with Crippen molar-refractivity contribution in [3.8, 4) is 0 Å². The van der Waals surface area contributed by atoms with Gasteiger partial charge in [0.05, 0.1) is 5.56 Å². The van der Waals surface area contributed by atoms with Crippen molar-refractivity contribution >= 4 is 17.5 Å². The molecule has 0 spiro atoms. The summed E-state index contributed by atoms with van der Waals surface area (Å²) < 4.78 is 38.4. The van der Waals surface area contributed by atoms with E-state index in [2.05, 4.69) is 32.0 Å². The molecule has 134 valence electrons. The maximum atomic E-state index is 12.8. The second-order valence-electron chi connectivity index (χ2n) is 5.86. The molecule has 0 unspecified atom stereocenters. The van der Waals surface area contributed by atoms with Gasteiger partial charge in [0, 0.05) is 38.1 Å². The Morgan fingerprint density at radius 2 is 1.88 bits per heavy atom. The van der Waals surface area contributed by atoms with Crippen LogP contribution in [0, 0.1) is 0 Å². The maximum absolute atomic E-state index is 12.8. The Bertz CT molecular complexity index is 711. The van der Waals surface area contributed by atoms with Gasteiger partial charge in [-0.05, 0) is 30.8 Å². The number of halogens is 3. The zero-order valence-corrected chi connectivity index (χ0v) is 13.9. The molecule has 8 heteroatoms. The van der Waals surface area contributed by atoms with Crippen LogP contribution in [0.1, 0.15) is 12.5 Å².